The quantitative estimate of drug-likeness (QED) is 0.789. The molecule has 0 saturated carbocycles. The predicted molar refractivity (Wildman–Crippen MR) is 68.6 cm³/mol. The van der Waals surface area contributed by atoms with Gasteiger partial charge in [-0.1, -0.05) is 18.2 Å². The number of hydroxylamine groups is 1. The Morgan fingerprint density at radius 3 is 2.47 bits per heavy atom. The number of carbonyl (C=O) groups excluding carboxylic acids is 1. The maximum atomic E-state index is 11.9. The maximum absolute atomic E-state index is 11.9. The molecule has 0 unspecified atom stereocenters. The Kier molecular flexibility index (Phi) is 4.28. The maximum Gasteiger partial charge on any atom is 0.448 e. The highest BCUT2D eigenvalue weighted by atomic mass is 16.7. The molecule has 2 aromatic rings. The van der Waals surface area contributed by atoms with Crippen LogP contribution in [0.3, 0.4) is 0 Å². The summed E-state index contributed by atoms with van der Waals surface area (Å²) >= 11 is 0. The molecular formula is C13H13N3O3. The van der Waals surface area contributed by atoms with Gasteiger partial charge in [-0.3, -0.25) is 0 Å². The molecule has 1 aromatic carbocycles. The van der Waals surface area contributed by atoms with E-state index in [-0.39, 0.29) is 12.6 Å². The first kappa shape index (κ1) is 12.8. The van der Waals surface area contributed by atoms with Gasteiger partial charge in [0.05, 0.1) is 12.3 Å². The molecule has 0 bridgehead atoms. The zero-order chi connectivity index (χ0) is 13.5. The minimum Gasteiger partial charge on any atom is -0.447 e. The zero-order valence-corrected chi connectivity index (χ0v) is 10.4. The van der Waals surface area contributed by atoms with E-state index in [2.05, 4.69) is 9.97 Å². The fourth-order valence-corrected chi connectivity index (χ4v) is 1.36. The van der Waals surface area contributed by atoms with Gasteiger partial charge in [0.1, 0.15) is 0 Å². The van der Waals surface area contributed by atoms with Gasteiger partial charge >= 0.3 is 12.1 Å². The molecular weight excluding hydrogens is 246 g/mol. The van der Waals surface area contributed by atoms with Crippen LogP contribution >= 0.6 is 0 Å². The Morgan fingerprint density at radius 1 is 1.16 bits per heavy atom. The van der Waals surface area contributed by atoms with E-state index in [0.29, 0.717) is 5.69 Å². The summed E-state index contributed by atoms with van der Waals surface area (Å²) < 4.78 is 4.94. The summed E-state index contributed by atoms with van der Waals surface area (Å²) in [5.74, 6) is 0. The smallest absolute Gasteiger partial charge is 0.447 e. The Hall–Kier alpha value is -2.63. The average molecular weight is 259 g/mol. The molecule has 1 heterocycles. The van der Waals surface area contributed by atoms with Crippen molar-refractivity contribution < 1.29 is 14.4 Å². The van der Waals surface area contributed by atoms with Gasteiger partial charge in [-0.2, -0.15) is 0 Å². The highest BCUT2D eigenvalue weighted by molar-refractivity contribution is 5.85. The number of aromatic nitrogens is 2. The fourth-order valence-electron chi connectivity index (χ4n) is 1.36. The molecule has 0 spiro atoms. The van der Waals surface area contributed by atoms with Crippen LogP contribution in [0.4, 0.5) is 10.5 Å². The Labute approximate surface area is 110 Å². The summed E-state index contributed by atoms with van der Waals surface area (Å²) in [7, 11) is 0. The number of anilines is 1. The van der Waals surface area contributed by atoms with Crippen molar-refractivity contribution in [2.75, 3.05) is 11.7 Å². The van der Waals surface area contributed by atoms with Crippen LogP contribution < -0.4 is 9.90 Å². The van der Waals surface area contributed by atoms with Crippen LogP contribution in [0.1, 0.15) is 6.92 Å². The summed E-state index contributed by atoms with van der Waals surface area (Å²) in [6.07, 6.45) is 2.42. The topological polar surface area (TPSA) is 64.5 Å². The number of hydrogen-bond acceptors (Lipinski definition) is 5. The lowest BCUT2D eigenvalue weighted by Gasteiger charge is -2.19. The van der Waals surface area contributed by atoms with Crippen LogP contribution in [-0.2, 0) is 4.74 Å². The Balaban J connectivity index is 2.22. The molecule has 1 amide bonds. The summed E-state index contributed by atoms with van der Waals surface area (Å²) in [5.41, 5.74) is 0.536. The number of para-hydroxylation sites is 1. The van der Waals surface area contributed by atoms with Crippen molar-refractivity contribution in [2.45, 2.75) is 6.92 Å². The number of amides is 1. The van der Waals surface area contributed by atoms with Gasteiger partial charge < -0.3 is 9.57 Å². The lowest BCUT2D eigenvalue weighted by molar-refractivity contribution is 0.128. The molecule has 19 heavy (non-hydrogen) atoms. The van der Waals surface area contributed by atoms with E-state index in [0.717, 1.165) is 5.06 Å². The van der Waals surface area contributed by atoms with E-state index in [1.54, 1.807) is 37.3 Å². The summed E-state index contributed by atoms with van der Waals surface area (Å²) in [4.78, 5) is 25.0. The van der Waals surface area contributed by atoms with Crippen molar-refractivity contribution in [1.29, 1.82) is 0 Å². The van der Waals surface area contributed by atoms with Crippen molar-refractivity contribution in [1.82, 2.24) is 9.97 Å². The van der Waals surface area contributed by atoms with E-state index in [1.807, 2.05) is 6.07 Å². The van der Waals surface area contributed by atoms with Crippen LogP contribution in [0.2, 0.25) is 0 Å². The van der Waals surface area contributed by atoms with Gasteiger partial charge in [0.15, 0.2) is 0 Å². The Bertz CT molecular complexity index is 519. The largest absolute Gasteiger partial charge is 0.448 e. The fraction of sp³-hybridized carbons (Fsp3) is 0.154. The molecule has 2 rings (SSSR count). The van der Waals surface area contributed by atoms with E-state index < -0.39 is 6.09 Å². The summed E-state index contributed by atoms with van der Waals surface area (Å²) in [5, 5.41) is 1.01. The molecule has 0 aliphatic heterocycles. The minimum absolute atomic E-state index is 0.0689. The second-order valence-electron chi connectivity index (χ2n) is 3.45. The number of benzene rings is 1. The standard InChI is InChI=1S/C13H13N3O3/c1-2-18-13(17)16(11-7-4-3-5-8-11)19-12-14-9-6-10-15-12/h3-10H,2H2,1H3. The van der Waals surface area contributed by atoms with Crippen LogP contribution in [-0.4, -0.2) is 22.7 Å². The highest BCUT2D eigenvalue weighted by Gasteiger charge is 2.20. The van der Waals surface area contributed by atoms with Crippen molar-refractivity contribution in [3.63, 3.8) is 0 Å². The second-order valence-corrected chi connectivity index (χ2v) is 3.45. The second kappa shape index (κ2) is 6.34. The lowest BCUT2D eigenvalue weighted by atomic mass is 10.3. The molecule has 6 nitrogen and oxygen atoms in total. The van der Waals surface area contributed by atoms with Gasteiger partial charge in [-0.15, -0.1) is 5.06 Å². The molecule has 0 aliphatic carbocycles. The van der Waals surface area contributed by atoms with Gasteiger partial charge in [0.2, 0.25) is 0 Å². The third-order valence-electron chi connectivity index (χ3n) is 2.14. The van der Waals surface area contributed by atoms with Crippen LogP contribution in [0.25, 0.3) is 0 Å². The number of carbonyl (C=O) groups is 1. The van der Waals surface area contributed by atoms with Crippen LogP contribution in [0.5, 0.6) is 6.01 Å². The van der Waals surface area contributed by atoms with E-state index >= 15 is 0 Å². The molecule has 98 valence electrons. The first-order chi connectivity index (χ1) is 9.31. The Morgan fingerprint density at radius 2 is 1.84 bits per heavy atom. The van der Waals surface area contributed by atoms with Gasteiger partial charge in [-0.05, 0) is 25.1 Å². The monoisotopic (exact) mass is 259 g/mol. The molecule has 6 heteroatoms. The highest BCUT2D eigenvalue weighted by Crippen LogP contribution is 2.16. The molecule has 0 atom stereocenters. The number of ether oxygens (including phenoxy) is 1. The summed E-state index contributed by atoms with van der Waals surface area (Å²) in [6, 6.07) is 10.6. The number of hydrogen-bond donors (Lipinski definition) is 0. The molecule has 0 saturated heterocycles. The SMILES string of the molecule is CCOC(=O)N(Oc1ncccn1)c1ccccc1. The third kappa shape index (κ3) is 3.41. The van der Waals surface area contributed by atoms with E-state index in [4.69, 9.17) is 9.57 Å². The van der Waals surface area contributed by atoms with Crippen molar-refractivity contribution in [3.8, 4) is 6.01 Å². The molecule has 0 radical (unpaired) electrons. The van der Waals surface area contributed by atoms with Gasteiger partial charge in [0.25, 0.3) is 0 Å². The summed E-state index contributed by atoms with van der Waals surface area (Å²) in [6.45, 7) is 1.97. The van der Waals surface area contributed by atoms with E-state index in [9.17, 15) is 4.79 Å². The van der Waals surface area contributed by atoms with Crippen LogP contribution in [0, 0.1) is 0 Å². The molecule has 0 fully saturated rings. The first-order valence-corrected chi connectivity index (χ1v) is 5.78. The molecule has 0 aliphatic rings. The van der Waals surface area contributed by atoms with Gasteiger partial charge in [-0.25, -0.2) is 14.8 Å². The molecule has 0 N–H and O–H groups in total. The predicted octanol–water partition coefficient (Wildman–Crippen LogP) is 2.43. The number of nitrogens with zero attached hydrogens (tertiary/aromatic N) is 3. The number of rotatable bonds is 4. The first-order valence-electron chi connectivity index (χ1n) is 5.78. The zero-order valence-electron chi connectivity index (χ0n) is 10.4. The average Bonchev–Trinajstić information content (AvgIpc) is 2.47. The van der Waals surface area contributed by atoms with Crippen molar-refractivity contribution in [3.05, 3.63) is 48.8 Å². The van der Waals surface area contributed by atoms with E-state index in [1.165, 1.54) is 12.4 Å². The molecule has 1 aromatic heterocycles. The minimum atomic E-state index is -0.624. The van der Waals surface area contributed by atoms with Crippen LogP contribution in [0.15, 0.2) is 48.8 Å². The lowest BCUT2D eigenvalue weighted by Crippen LogP contribution is -2.35. The van der Waals surface area contributed by atoms with Crippen molar-refractivity contribution in [2.24, 2.45) is 0 Å². The normalized spacial score (nSPS) is 9.74. The van der Waals surface area contributed by atoms with Crippen molar-refractivity contribution >= 4 is 11.8 Å². The third-order valence-corrected chi connectivity index (χ3v) is 2.14. The van der Waals surface area contributed by atoms with Gasteiger partial charge in [0, 0.05) is 12.4 Å².